The van der Waals surface area contributed by atoms with Gasteiger partial charge in [-0.1, -0.05) is 39.5 Å². The first kappa shape index (κ1) is 10.0. The Morgan fingerprint density at radius 3 is 2.83 bits per heavy atom. The lowest BCUT2D eigenvalue weighted by Crippen LogP contribution is -2.34. The summed E-state index contributed by atoms with van der Waals surface area (Å²) in [7, 11) is 0. The lowest BCUT2D eigenvalue weighted by molar-refractivity contribution is 0.252. The summed E-state index contributed by atoms with van der Waals surface area (Å²) >= 11 is 0. The van der Waals surface area contributed by atoms with E-state index in [0.717, 1.165) is 11.8 Å². The molecule has 0 aromatic heterocycles. The van der Waals surface area contributed by atoms with Gasteiger partial charge in [0.1, 0.15) is 0 Å². The van der Waals surface area contributed by atoms with Gasteiger partial charge in [-0.25, -0.2) is 0 Å². The zero-order chi connectivity index (χ0) is 8.81. The second-order valence-corrected chi connectivity index (χ2v) is 4.23. The lowest BCUT2D eigenvalue weighted by Gasteiger charge is -2.29. The topological polar surface area (TPSA) is 12.0 Å². The van der Waals surface area contributed by atoms with Gasteiger partial charge in [-0.15, -0.1) is 0 Å². The smallest absolute Gasteiger partial charge is 0.00205 e. The van der Waals surface area contributed by atoms with Crippen LogP contribution in [0, 0.1) is 11.8 Å². The van der Waals surface area contributed by atoms with Crippen molar-refractivity contribution in [2.24, 2.45) is 11.8 Å². The van der Waals surface area contributed by atoms with Gasteiger partial charge in [0, 0.05) is 0 Å². The predicted octanol–water partition coefficient (Wildman–Crippen LogP) is 2.81. The van der Waals surface area contributed by atoms with Crippen LogP contribution in [0.2, 0.25) is 0 Å². The van der Waals surface area contributed by atoms with Crippen molar-refractivity contribution in [1.82, 2.24) is 5.32 Å². The minimum absolute atomic E-state index is 0.913. The Balaban J connectivity index is 2.11. The van der Waals surface area contributed by atoms with E-state index in [1.54, 1.807) is 0 Å². The van der Waals surface area contributed by atoms with E-state index < -0.39 is 0 Å². The fourth-order valence-corrected chi connectivity index (χ4v) is 2.15. The second kappa shape index (κ2) is 5.58. The van der Waals surface area contributed by atoms with Crippen molar-refractivity contribution in [3.63, 3.8) is 0 Å². The first-order chi connectivity index (χ1) is 5.84. The van der Waals surface area contributed by atoms with Crippen LogP contribution in [0.25, 0.3) is 0 Å². The summed E-state index contributed by atoms with van der Waals surface area (Å²) in [5, 5.41) is 3.45. The molecule has 1 N–H and O–H groups in total. The molecule has 1 rings (SSSR count). The van der Waals surface area contributed by atoms with Gasteiger partial charge in [-0.2, -0.15) is 0 Å². The van der Waals surface area contributed by atoms with Crippen LogP contribution < -0.4 is 5.32 Å². The molecule has 0 radical (unpaired) electrons. The molecule has 1 fully saturated rings. The van der Waals surface area contributed by atoms with Crippen molar-refractivity contribution < 1.29 is 0 Å². The Morgan fingerprint density at radius 2 is 2.17 bits per heavy atom. The van der Waals surface area contributed by atoms with E-state index in [2.05, 4.69) is 19.2 Å². The molecular formula is C11H23N. The van der Waals surface area contributed by atoms with Gasteiger partial charge in [0.05, 0.1) is 0 Å². The highest BCUT2D eigenvalue weighted by Crippen LogP contribution is 2.24. The zero-order valence-electron chi connectivity index (χ0n) is 8.60. The van der Waals surface area contributed by atoms with Gasteiger partial charge in [-0.05, 0) is 31.3 Å². The van der Waals surface area contributed by atoms with Crippen LogP contribution in [0.15, 0.2) is 0 Å². The molecule has 1 heteroatoms. The molecule has 0 aliphatic carbocycles. The van der Waals surface area contributed by atoms with Crippen molar-refractivity contribution in [2.45, 2.75) is 46.0 Å². The van der Waals surface area contributed by atoms with E-state index in [4.69, 9.17) is 0 Å². The Kier molecular flexibility index (Phi) is 4.67. The van der Waals surface area contributed by atoms with Gasteiger partial charge < -0.3 is 5.32 Å². The fraction of sp³-hybridized carbons (Fsp3) is 1.00. The molecule has 0 amide bonds. The van der Waals surface area contributed by atoms with Crippen molar-refractivity contribution in [2.75, 3.05) is 13.1 Å². The second-order valence-electron chi connectivity index (χ2n) is 4.23. The SMILES string of the molecule is CCCCC[C@@H]1CCNC[C@@H]1C. The summed E-state index contributed by atoms with van der Waals surface area (Å²) in [6.45, 7) is 7.17. The number of nitrogens with one attached hydrogen (secondary N) is 1. The summed E-state index contributed by atoms with van der Waals surface area (Å²) in [5.41, 5.74) is 0. The molecule has 0 spiro atoms. The molecule has 1 saturated heterocycles. The minimum atomic E-state index is 0.913. The number of unbranched alkanes of at least 4 members (excludes halogenated alkanes) is 2. The first-order valence-electron chi connectivity index (χ1n) is 5.55. The molecule has 0 aromatic carbocycles. The molecule has 0 aromatic rings. The Bertz CT molecular complexity index is 112. The maximum atomic E-state index is 3.45. The molecule has 12 heavy (non-hydrogen) atoms. The molecule has 0 unspecified atom stereocenters. The molecule has 2 atom stereocenters. The average molecular weight is 169 g/mol. The molecule has 1 aliphatic rings. The molecule has 1 aliphatic heterocycles. The third-order valence-corrected chi connectivity index (χ3v) is 3.14. The van der Waals surface area contributed by atoms with Gasteiger partial charge >= 0.3 is 0 Å². The highest BCUT2D eigenvalue weighted by molar-refractivity contribution is 4.74. The van der Waals surface area contributed by atoms with Gasteiger partial charge in [0.25, 0.3) is 0 Å². The molecule has 0 bridgehead atoms. The van der Waals surface area contributed by atoms with Crippen LogP contribution in [0.1, 0.15) is 46.0 Å². The van der Waals surface area contributed by atoms with Crippen LogP contribution in [0.5, 0.6) is 0 Å². The van der Waals surface area contributed by atoms with E-state index in [9.17, 15) is 0 Å². The van der Waals surface area contributed by atoms with Crippen LogP contribution in [-0.2, 0) is 0 Å². The fourth-order valence-electron chi connectivity index (χ4n) is 2.15. The highest BCUT2D eigenvalue weighted by Gasteiger charge is 2.19. The minimum Gasteiger partial charge on any atom is -0.316 e. The van der Waals surface area contributed by atoms with Crippen LogP contribution in [-0.4, -0.2) is 13.1 Å². The Hall–Kier alpha value is -0.0400. The quantitative estimate of drug-likeness (QED) is 0.638. The first-order valence-corrected chi connectivity index (χ1v) is 5.55. The Labute approximate surface area is 76.9 Å². The van der Waals surface area contributed by atoms with Crippen LogP contribution in [0.4, 0.5) is 0 Å². The number of piperidine rings is 1. The summed E-state index contributed by atoms with van der Waals surface area (Å²) < 4.78 is 0. The highest BCUT2D eigenvalue weighted by atomic mass is 14.9. The number of rotatable bonds is 4. The summed E-state index contributed by atoms with van der Waals surface area (Å²) in [6.07, 6.45) is 7.11. The molecule has 0 saturated carbocycles. The molecule has 1 heterocycles. The monoisotopic (exact) mass is 169 g/mol. The summed E-state index contributed by atoms with van der Waals surface area (Å²) in [5.74, 6) is 1.92. The number of hydrogen-bond acceptors (Lipinski definition) is 1. The van der Waals surface area contributed by atoms with Crippen LogP contribution >= 0.6 is 0 Å². The third-order valence-electron chi connectivity index (χ3n) is 3.14. The number of hydrogen-bond donors (Lipinski definition) is 1. The predicted molar refractivity (Wildman–Crippen MR) is 54.3 cm³/mol. The maximum absolute atomic E-state index is 3.45. The summed E-state index contributed by atoms with van der Waals surface area (Å²) in [6, 6.07) is 0. The van der Waals surface area contributed by atoms with E-state index in [0.29, 0.717) is 0 Å². The molecule has 72 valence electrons. The van der Waals surface area contributed by atoms with E-state index in [1.807, 2.05) is 0 Å². The van der Waals surface area contributed by atoms with Crippen molar-refractivity contribution in [3.8, 4) is 0 Å². The van der Waals surface area contributed by atoms with Gasteiger partial charge in [0.15, 0.2) is 0 Å². The lowest BCUT2D eigenvalue weighted by atomic mass is 9.84. The zero-order valence-corrected chi connectivity index (χ0v) is 8.60. The van der Waals surface area contributed by atoms with E-state index in [1.165, 1.54) is 45.2 Å². The van der Waals surface area contributed by atoms with Gasteiger partial charge in [0.2, 0.25) is 0 Å². The average Bonchev–Trinajstić information content (AvgIpc) is 2.09. The van der Waals surface area contributed by atoms with E-state index in [-0.39, 0.29) is 0 Å². The van der Waals surface area contributed by atoms with E-state index >= 15 is 0 Å². The summed E-state index contributed by atoms with van der Waals surface area (Å²) in [4.78, 5) is 0. The normalized spacial score (nSPS) is 30.5. The Morgan fingerprint density at radius 1 is 1.33 bits per heavy atom. The third kappa shape index (κ3) is 3.14. The van der Waals surface area contributed by atoms with Crippen molar-refractivity contribution in [1.29, 1.82) is 0 Å². The van der Waals surface area contributed by atoms with Crippen LogP contribution in [0.3, 0.4) is 0 Å². The molecular weight excluding hydrogens is 146 g/mol. The standard InChI is InChI=1S/C11H23N/c1-3-4-5-6-11-7-8-12-9-10(11)2/h10-12H,3-9H2,1-2H3/t10-,11+/m0/s1. The van der Waals surface area contributed by atoms with Crippen molar-refractivity contribution in [3.05, 3.63) is 0 Å². The van der Waals surface area contributed by atoms with Gasteiger partial charge in [-0.3, -0.25) is 0 Å². The van der Waals surface area contributed by atoms with Crippen molar-refractivity contribution >= 4 is 0 Å². The maximum Gasteiger partial charge on any atom is -0.00205 e. The largest absolute Gasteiger partial charge is 0.316 e. The molecule has 1 nitrogen and oxygen atoms in total.